The quantitative estimate of drug-likeness (QED) is 0.142. The highest BCUT2D eigenvalue weighted by Gasteiger charge is 2.11. The molecule has 0 aliphatic heterocycles. The molecule has 10 heteroatoms. The molecular formula is C20H29N7O3. The lowest BCUT2D eigenvalue weighted by Gasteiger charge is -2.11. The molecule has 2 aromatic rings. The van der Waals surface area contributed by atoms with E-state index in [1.807, 2.05) is 0 Å². The Morgan fingerprint density at radius 2 is 1.90 bits per heavy atom. The molecule has 0 spiro atoms. The van der Waals surface area contributed by atoms with Gasteiger partial charge in [0, 0.05) is 18.8 Å². The maximum absolute atomic E-state index is 12.2. The van der Waals surface area contributed by atoms with Crippen LogP contribution < -0.4 is 27.4 Å². The molecule has 30 heavy (non-hydrogen) atoms. The second-order valence-electron chi connectivity index (χ2n) is 7.05. The number of H-pyrrole nitrogens is 1. The van der Waals surface area contributed by atoms with Crippen LogP contribution in [0, 0.1) is 26.2 Å². The lowest BCUT2D eigenvalue weighted by Crippen LogP contribution is -2.35. The van der Waals surface area contributed by atoms with Gasteiger partial charge in [0.05, 0.1) is 18.7 Å². The van der Waals surface area contributed by atoms with Gasteiger partial charge in [0.25, 0.3) is 5.56 Å². The number of nitrogens with one attached hydrogen (secondary N) is 5. The minimum atomic E-state index is -0.319. The Hall–Kier alpha value is -3.40. The molecule has 0 radical (unpaired) electrons. The zero-order valence-electron chi connectivity index (χ0n) is 17.5. The first-order valence-corrected chi connectivity index (χ1v) is 9.64. The molecule has 1 heterocycles. The minimum absolute atomic E-state index is 0.0223. The van der Waals surface area contributed by atoms with Crippen molar-refractivity contribution in [3.05, 3.63) is 56.6 Å². The van der Waals surface area contributed by atoms with Gasteiger partial charge in [-0.15, -0.1) is 0 Å². The third kappa shape index (κ3) is 7.55. The Bertz CT molecular complexity index is 936. The molecule has 162 valence electrons. The fourth-order valence-electron chi connectivity index (χ4n) is 2.99. The number of hydroxylamine groups is 1. The molecule has 0 atom stereocenters. The van der Waals surface area contributed by atoms with Gasteiger partial charge in [-0.1, -0.05) is 29.3 Å². The predicted octanol–water partition coefficient (Wildman–Crippen LogP) is 0.423. The number of carbonyl (C=O) groups excluding carboxylic acids is 1. The summed E-state index contributed by atoms with van der Waals surface area (Å²) in [6.45, 7) is 6.75. The van der Waals surface area contributed by atoms with Crippen LogP contribution in [-0.2, 0) is 22.5 Å². The fourth-order valence-corrected chi connectivity index (χ4v) is 2.99. The van der Waals surface area contributed by atoms with Crippen LogP contribution in [0.25, 0.3) is 0 Å². The van der Waals surface area contributed by atoms with E-state index in [0.717, 1.165) is 6.42 Å². The van der Waals surface area contributed by atoms with Gasteiger partial charge in [-0.25, -0.2) is 10.5 Å². The van der Waals surface area contributed by atoms with Crippen LogP contribution in [0.5, 0.6) is 0 Å². The van der Waals surface area contributed by atoms with Crippen LogP contribution in [0.3, 0.4) is 0 Å². The van der Waals surface area contributed by atoms with E-state index in [1.165, 1.54) is 16.7 Å². The van der Waals surface area contributed by atoms with Crippen LogP contribution in [0.1, 0.15) is 28.1 Å². The maximum Gasteiger partial charge on any atom is 0.290 e. The Kier molecular flexibility index (Phi) is 8.36. The van der Waals surface area contributed by atoms with Gasteiger partial charge >= 0.3 is 0 Å². The van der Waals surface area contributed by atoms with Crippen LogP contribution in [-0.4, -0.2) is 41.5 Å². The van der Waals surface area contributed by atoms with E-state index in [-0.39, 0.29) is 42.8 Å². The van der Waals surface area contributed by atoms with Crippen molar-refractivity contribution >= 4 is 17.7 Å². The van der Waals surface area contributed by atoms with Crippen molar-refractivity contribution < 1.29 is 9.63 Å². The number of guanidine groups is 1. The standard InChI is InChI=1S/C20H29N7O3/c1-12-8-13(2)10-15(9-12)4-5-24-18-19(29)25-14(3)16(26-18)11-17(28)23-6-7-30-27-20(21)22/h8-10H,4-7,11H2,1-3H3,(H,23,28)(H,24,26)(H,25,29)(H4,21,22,27). The molecule has 1 amide bonds. The highest BCUT2D eigenvalue weighted by molar-refractivity contribution is 5.78. The summed E-state index contributed by atoms with van der Waals surface area (Å²) in [6.07, 6.45) is 0.774. The molecule has 2 rings (SSSR count). The van der Waals surface area contributed by atoms with Gasteiger partial charge in [0.15, 0.2) is 5.82 Å². The van der Waals surface area contributed by atoms with Crippen molar-refractivity contribution in [2.24, 2.45) is 5.73 Å². The zero-order chi connectivity index (χ0) is 22.1. The maximum atomic E-state index is 12.2. The van der Waals surface area contributed by atoms with Crippen molar-refractivity contribution in [2.75, 3.05) is 25.0 Å². The molecule has 0 aliphatic carbocycles. The Morgan fingerprint density at radius 1 is 1.20 bits per heavy atom. The molecule has 0 unspecified atom stereocenters. The molecule has 0 bridgehead atoms. The molecule has 0 saturated heterocycles. The number of aryl methyl sites for hydroxylation is 3. The first kappa shape index (κ1) is 22.9. The molecule has 10 nitrogen and oxygen atoms in total. The molecule has 0 saturated carbocycles. The monoisotopic (exact) mass is 415 g/mol. The van der Waals surface area contributed by atoms with Crippen LogP contribution in [0.15, 0.2) is 23.0 Å². The highest BCUT2D eigenvalue weighted by Crippen LogP contribution is 2.10. The second-order valence-corrected chi connectivity index (χ2v) is 7.05. The zero-order valence-corrected chi connectivity index (χ0v) is 17.5. The number of aromatic nitrogens is 2. The third-order valence-corrected chi connectivity index (χ3v) is 4.22. The van der Waals surface area contributed by atoms with E-state index in [4.69, 9.17) is 16.0 Å². The van der Waals surface area contributed by atoms with Gasteiger partial charge in [-0.3, -0.25) is 19.8 Å². The number of rotatable bonds is 10. The molecule has 0 fully saturated rings. The third-order valence-electron chi connectivity index (χ3n) is 4.22. The second kappa shape index (κ2) is 11.0. The van der Waals surface area contributed by atoms with Gasteiger partial charge in [0.2, 0.25) is 11.9 Å². The molecule has 1 aromatic carbocycles. The SMILES string of the molecule is Cc1cc(C)cc(CCNc2nc(CC(=O)NCCONC(=N)N)c(C)[nH]c2=O)c1. The number of nitrogens with two attached hydrogens (primary N) is 1. The number of aromatic amines is 1. The Labute approximate surface area is 175 Å². The normalized spacial score (nSPS) is 10.5. The van der Waals surface area contributed by atoms with Gasteiger partial charge in [0.1, 0.15) is 0 Å². The van der Waals surface area contributed by atoms with Gasteiger partial charge in [-0.2, -0.15) is 0 Å². The van der Waals surface area contributed by atoms with Crippen LogP contribution >= 0.6 is 0 Å². The van der Waals surface area contributed by atoms with E-state index in [1.54, 1.807) is 6.92 Å². The van der Waals surface area contributed by atoms with E-state index < -0.39 is 0 Å². The number of hydrogen-bond acceptors (Lipinski definition) is 6. The highest BCUT2D eigenvalue weighted by atomic mass is 16.6. The summed E-state index contributed by atoms with van der Waals surface area (Å²) in [4.78, 5) is 36.2. The summed E-state index contributed by atoms with van der Waals surface area (Å²) in [5.74, 6) is -0.376. The Balaban J connectivity index is 1.90. The summed E-state index contributed by atoms with van der Waals surface area (Å²) in [5, 5.41) is 12.7. The number of hydrogen-bond donors (Lipinski definition) is 6. The summed E-state index contributed by atoms with van der Waals surface area (Å²) in [7, 11) is 0. The van der Waals surface area contributed by atoms with E-state index >= 15 is 0 Å². The smallest absolute Gasteiger partial charge is 0.290 e. The summed E-state index contributed by atoms with van der Waals surface area (Å²) in [6, 6.07) is 6.35. The van der Waals surface area contributed by atoms with Gasteiger partial charge < -0.3 is 21.4 Å². The molecule has 1 aromatic heterocycles. The lowest BCUT2D eigenvalue weighted by molar-refractivity contribution is -0.120. The molecule has 0 aliphatic rings. The van der Waals surface area contributed by atoms with Crippen molar-refractivity contribution in [2.45, 2.75) is 33.6 Å². The first-order chi connectivity index (χ1) is 14.2. The summed E-state index contributed by atoms with van der Waals surface area (Å²) >= 11 is 0. The number of carbonyl (C=O) groups is 1. The van der Waals surface area contributed by atoms with Gasteiger partial charge in [-0.05, 0) is 32.8 Å². The molecular weight excluding hydrogens is 386 g/mol. The van der Waals surface area contributed by atoms with Crippen molar-refractivity contribution in [1.82, 2.24) is 20.8 Å². The minimum Gasteiger partial charge on any atom is -0.368 e. The average molecular weight is 415 g/mol. The topological polar surface area (TPSA) is 158 Å². The Morgan fingerprint density at radius 3 is 2.57 bits per heavy atom. The predicted molar refractivity (Wildman–Crippen MR) is 115 cm³/mol. The summed E-state index contributed by atoms with van der Waals surface area (Å²) in [5.41, 5.74) is 11.6. The van der Waals surface area contributed by atoms with Crippen molar-refractivity contribution in [3.63, 3.8) is 0 Å². The average Bonchev–Trinajstić information content (AvgIpc) is 2.64. The first-order valence-electron chi connectivity index (χ1n) is 9.64. The van der Waals surface area contributed by atoms with Crippen LogP contribution in [0.4, 0.5) is 5.82 Å². The van der Waals surface area contributed by atoms with Crippen molar-refractivity contribution in [3.8, 4) is 0 Å². The summed E-state index contributed by atoms with van der Waals surface area (Å²) < 4.78 is 0. The molecule has 7 N–H and O–H groups in total. The lowest BCUT2D eigenvalue weighted by atomic mass is 10.1. The largest absolute Gasteiger partial charge is 0.368 e. The number of anilines is 1. The van der Waals surface area contributed by atoms with Crippen LogP contribution in [0.2, 0.25) is 0 Å². The van der Waals surface area contributed by atoms with E-state index in [9.17, 15) is 9.59 Å². The number of benzene rings is 1. The van der Waals surface area contributed by atoms with E-state index in [0.29, 0.717) is 17.9 Å². The number of nitrogens with zero attached hydrogens (tertiary/aromatic N) is 1. The fraction of sp³-hybridized carbons (Fsp3) is 0.400. The van der Waals surface area contributed by atoms with Crippen molar-refractivity contribution in [1.29, 1.82) is 5.41 Å². The van der Waals surface area contributed by atoms with E-state index in [2.05, 4.69) is 58.1 Å². The number of amides is 1.